The molecule has 0 radical (unpaired) electrons. The minimum atomic E-state index is -4.85. The molecule has 0 amide bonds. The molecular weight excluding hydrogens is 457 g/mol. The summed E-state index contributed by atoms with van der Waals surface area (Å²) in [4.78, 5) is 5.11. The molecule has 1 aromatic carbocycles. The number of aromatic nitrogens is 1. The van der Waals surface area contributed by atoms with Crippen LogP contribution in [0.4, 0.5) is 24.7 Å². The van der Waals surface area contributed by atoms with E-state index >= 15 is 4.39 Å². The summed E-state index contributed by atoms with van der Waals surface area (Å²) >= 11 is 6.10. The van der Waals surface area contributed by atoms with Gasteiger partial charge in [0.25, 0.3) is 10.0 Å². The van der Waals surface area contributed by atoms with E-state index in [1.54, 1.807) is 19.0 Å². The van der Waals surface area contributed by atoms with Gasteiger partial charge in [0, 0.05) is 32.7 Å². The summed E-state index contributed by atoms with van der Waals surface area (Å²) in [5.74, 6) is -4.47. The fourth-order valence-corrected chi connectivity index (χ4v) is 5.04. The molecule has 2 aromatic rings. The fourth-order valence-electron chi connectivity index (χ4n) is 3.57. The van der Waals surface area contributed by atoms with Crippen molar-refractivity contribution in [3.8, 4) is 0 Å². The standard InChI is InChI=1S/C19H22ClF3N4O3S/c1-26(2)10-19(30-3)7-8-27(11-19)13-9-12(21)18(17(23)16(13)20)31(28,29)25-15-6-4-5-14(22)24-15/h4-6,9H,7-8,10-11H2,1-3H3,(H,24,25)/i3D3. The largest absolute Gasteiger partial charge is 0.375 e. The van der Waals surface area contributed by atoms with Crippen LogP contribution >= 0.6 is 11.6 Å². The molecule has 1 unspecified atom stereocenters. The van der Waals surface area contributed by atoms with Crippen molar-refractivity contribution in [2.45, 2.75) is 16.9 Å². The average Bonchev–Trinajstić information content (AvgIpc) is 3.04. The first-order valence-corrected chi connectivity index (χ1v) is 10.9. The molecule has 12 heteroatoms. The van der Waals surface area contributed by atoms with E-state index in [4.69, 9.17) is 20.5 Å². The van der Waals surface area contributed by atoms with Crippen molar-refractivity contribution in [2.75, 3.05) is 50.4 Å². The number of hydrogen-bond donors (Lipinski definition) is 1. The van der Waals surface area contributed by atoms with Gasteiger partial charge in [0.1, 0.15) is 16.7 Å². The number of pyridine rings is 1. The number of nitrogens with one attached hydrogen (secondary N) is 1. The van der Waals surface area contributed by atoms with Gasteiger partial charge in [-0.3, -0.25) is 4.72 Å². The zero-order chi connectivity index (χ0) is 25.5. The lowest BCUT2D eigenvalue weighted by atomic mass is 10.0. The number of benzene rings is 1. The topological polar surface area (TPSA) is 74.8 Å². The van der Waals surface area contributed by atoms with Gasteiger partial charge < -0.3 is 14.5 Å². The zero-order valence-corrected chi connectivity index (χ0v) is 18.2. The maximum atomic E-state index is 15.1. The Morgan fingerprint density at radius 2 is 2.13 bits per heavy atom. The predicted molar refractivity (Wildman–Crippen MR) is 111 cm³/mol. The van der Waals surface area contributed by atoms with Crippen LogP contribution in [0, 0.1) is 17.6 Å². The van der Waals surface area contributed by atoms with E-state index in [2.05, 4.69) is 4.98 Å². The number of anilines is 2. The van der Waals surface area contributed by atoms with E-state index in [1.807, 2.05) is 4.72 Å². The third-order valence-electron chi connectivity index (χ3n) is 4.80. The van der Waals surface area contributed by atoms with Crippen LogP contribution < -0.4 is 9.62 Å². The highest BCUT2D eigenvalue weighted by Gasteiger charge is 2.40. The van der Waals surface area contributed by atoms with Crippen molar-refractivity contribution >= 4 is 33.1 Å². The highest BCUT2D eigenvalue weighted by molar-refractivity contribution is 7.92. The Hall–Kier alpha value is -2.08. The highest BCUT2D eigenvalue weighted by Crippen LogP contribution is 2.38. The summed E-state index contributed by atoms with van der Waals surface area (Å²) in [7, 11) is -4.12. The summed E-state index contributed by atoms with van der Waals surface area (Å²) in [5, 5.41) is -0.677. The van der Waals surface area contributed by atoms with E-state index in [1.165, 1.54) is 4.90 Å². The fraction of sp³-hybridized carbons (Fsp3) is 0.421. The normalized spacial score (nSPS) is 21.1. The van der Waals surface area contributed by atoms with Gasteiger partial charge in [-0.1, -0.05) is 17.7 Å². The monoisotopic (exact) mass is 481 g/mol. The van der Waals surface area contributed by atoms with Crippen molar-refractivity contribution in [3.05, 3.63) is 46.9 Å². The second-order valence-corrected chi connectivity index (χ2v) is 9.48. The SMILES string of the molecule is [2H]C([2H])([2H])OC1(CN(C)C)CCN(c2cc(F)c(S(=O)(=O)Nc3cccc(F)n3)c(F)c2Cl)C1. The predicted octanol–water partition coefficient (Wildman–Crippen LogP) is 3.11. The molecule has 0 aliphatic carbocycles. The van der Waals surface area contributed by atoms with Gasteiger partial charge in [0.2, 0.25) is 5.95 Å². The van der Waals surface area contributed by atoms with Crippen molar-refractivity contribution in [1.82, 2.24) is 9.88 Å². The van der Waals surface area contributed by atoms with Gasteiger partial charge in [-0.15, -0.1) is 0 Å². The average molecular weight is 482 g/mol. The molecule has 1 saturated heterocycles. The number of halogens is 4. The molecule has 1 aromatic heterocycles. The Balaban J connectivity index is 1.95. The molecule has 1 fully saturated rings. The molecule has 170 valence electrons. The van der Waals surface area contributed by atoms with Gasteiger partial charge in [-0.05, 0) is 32.6 Å². The molecule has 3 rings (SSSR count). The van der Waals surface area contributed by atoms with E-state index in [9.17, 15) is 17.2 Å². The second kappa shape index (κ2) is 8.81. The number of likely N-dealkylation sites (N-methyl/N-ethyl adjacent to an activating group) is 1. The molecule has 7 nitrogen and oxygen atoms in total. The Kier molecular flexibility index (Phi) is 5.57. The Morgan fingerprint density at radius 3 is 2.77 bits per heavy atom. The second-order valence-electron chi connectivity index (χ2n) is 7.48. The van der Waals surface area contributed by atoms with Gasteiger partial charge in [-0.25, -0.2) is 22.2 Å². The number of hydrogen-bond acceptors (Lipinski definition) is 6. The van der Waals surface area contributed by atoms with Crippen molar-refractivity contribution < 1.29 is 30.4 Å². The number of ether oxygens (including phenoxy) is 1. The smallest absolute Gasteiger partial charge is 0.268 e. The maximum Gasteiger partial charge on any atom is 0.268 e. The van der Waals surface area contributed by atoms with E-state index in [0.29, 0.717) is 0 Å². The molecule has 0 spiro atoms. The summed E-state index contributed by atoms with van der Waals surface area (Å²) in [5.41, 5.74) is -1.34. The molecule has 1 atom stereocenters. The number of sulfonamides is 1. The van der Waals surface area contributed by atoms with Crippen LogP contribution in [-0.2, 0) is 14.8 Å². The van der Waals surface area contributed by atoms with Gasteiger partial charge in [0.05, 0.1) is 15.4 Å². The molecular formula is C19H22ClF3N4O3S. The molecule has 1 aliphatic rings. The van der Waals surface area contributed by atoms with Crippen LogP contribution in [0.25, 0.3) is 0 Å². The number of rotatable bonds is 7. The minimum absolute atomic E-state index is 0.0558. The van der Waals surface area contributed by atoms with Gasteiger partial charge >= 0.3 is 0 Å². The Morgan fingerprint density at radius 1 is 1.39 bits per heavy atom. The van der Waals surface area contributed by atoms with Crippen molar-refractivity contribution in [1.29, 1.82) is 0 Å². The van der Waals surface area contributed by atoms with Crippen LogP contribution in [0.1, 0.15) is 10.5 Å². The quantitative estimate of drug-likeness (QED) is 0.484. The first-order valence-electron chi connectivity index (χ1n) is 10.6. The number of nitrogens with zero attached hydrogens (tertiary/aromatic N) is 3. The lowest BCUT2D eigenvalue weighted by Gasteiger charge is -2.31. The summed E-state index contributed by atoms with van der Waals surface area (Å²) < 4.78 is 98.1. The van der Waals surface area contributed by atoms with Crippen LogP contribution in [0.5, 0.6) is 0 Å². The molecule has 2 heterocycles. The Labute approximate surface area is 188 Å². The summed E-state index contributed by atoms with van der Waals surface area (Å²) in [6, 6.07) is 3.98. The van der Waals surface area contributed by atoms with Crippen LogP contribution in [0.3, 0.4) is 0 Å². The van der Waals surface area contributed by atoms with E-state index in [0.717, 1.165) is 24.3 Å². The highest BCUT2D eigenvalue weighted by atomic mass is 35.5. The van der Waals surface area contributed by atoms with Crippen molar-refractivity contribution in [2.24, 2.45) is 0 Å². The maximum absolute atomic E-state index is 15.1. The van der Waals surface area contributed by atoms with E-state index in [-0.39, 0.29) is 31.7 Å². The van der Waals surface area contributed by atoms with Crippen LogP contribution in [0.15, 0.2) is 29.2 Å². The molecule has 1 aliphatic heterocycles. The first-order chi connectivity index (χ1) is 15.6. The van der Waals surface area contributed by atoms with Crippen LogP contribution in [0.2, 0.25) is 5.02 Å². The molecule has 0 bridgehead atoms. The van der Waals surface area contributed by atoms with Crippen LogP contribution in [-0.4, -0.2) is 64.7 Å². The minimum Gasteiger partial charge on any atom is -0.375 e. The number of methoxy groups -OCH3 is 1. The molecule has 31 heavy (non-hydrogen) atoms. The third-order valence-corrected chi connectivity index (χ3v) is 6.55. The van der Waals surface area contributed by atoms with Gasteiger partial charge in [0.15, 0.2) is 10.7 Å². The molecule has 0 saturated carbocycles. The lowest BCUT2D eigenvalue weighted by molar-refractivity contribution is -0.0100. The first kappa shape index (κ1) is 19.6. The van der Waals surface area contributed by atoms with Crippen molar-refractivity contribution in [3.63, 3.8) is 0 Å². The Bertz CT molecular complexity index is 1190. The zero-order valence-electron chi connectivity index (χ0n) is 19.6. The van der Waals surface area contributed by atoms with E-state index < -0.39 is 56.0 Å². The van der Waals surface area contributed by atoms with Gasteiger partial charge in [-0.2, -0.15) is 4.39 Å². The summed E-state index contributed by atoms with van der Waals surface area (Å²) in [6.45, 7) is 0.307. The molecule has 1 N–H and O–H groups in total. The lowest BCUT2D eigenvalue weighted by Crippen LogP contribution is -2.44. The third kappa shape index (κ3) is 4.89. The summed E-state index contributed by atoms with van der Waals surface area (Å²) in [6.07, 6.45) is 0.218.